The van der Waals surface area contributed by atoms with Crippen molar-refractivity contribution in [2.24, 2.45) is 0 Å². The molecule has 0 fully saturated rings. The zero-order valence-corrected chi connectivity index (χ0v) is 11.3. The molecule has 1 aromatic carbocycles. The first-order chi connectivity index (χ1) is 9.24. The van der Waals surface area contributed by atoms with Gasteiger partial charge in [0.25, 0.3) is 0 Å². The second-order valence-electron chi connectivity index (χ2n) is 4.47. The van der Waals surface area contributed by atoms with Crippen LogP contribution >= 0.6 is 11.5 Å². The summed E-state index contributed by atoms with van der Waals surface area (Å²) < 4.78 is 4.05. The second-order valence-corrected chi connectivity index (χ2v) is 5.22. The number of carbonyl (C=O) groups excluding carboxylic acids is 1. The normalized spacial score (nSPS) is 17.8. The van der Waals surface area contributed by atoms with Crippen molar-refractivity contribution in [1.82, 2.24) is 14.7 Å². The largest absolute Gasteiger partial charge is 0.302 e. The smallest absolute Gasteiger partial charge is 0.247 e. The molecule has 0 spiro atoms. The summed E-state index contributed by atoms with van der Waals surface area (Å²) in [6.45, 7) is 2.62. The Kier molecular flexibility index (Phi) is 3.27. The van der Waals surface area contributed by atoms with E-state index >= 15 is 0 Å². The lowest BCUT2D eigenvalue weighted by molar-refractivity contribution is -0.118. The Morgan fingerprint density at radius 2 is 2.32 bits per heavy atom. The molecule has 6 heteroatoms. The average Bonchev–Trinajstić information content (AvgIpc) is 2.83. The minimum atomic E-state index is -0.311. The molecule has 3 rings (SSSR count). The van der Waals surface area contributed by atoms with E-state index in [9.17, 15) is 4.79 Å². The van der Waals surface area contributed by atoms with Crippen LogP contribution in [-0.4, -0.2) is 21.8 Å². The maximum absolute atomic E-state index is 12.3. The first-order valence-corrected chi connectivity index (χ1v) is 6.94. The maximum atomic E-state index is 12.3. The van der Waals surface area contributed by atoms with E-state index in [2.05, 4.69) is 26.1 Å². The average molecular weight is 274 g/mol. The molecule has 1 atom stereocenters. The fourth-order valence-electron chi connectivity index (χ4n) is 2.26. The van der Waals surface area contributed by atoms with Crippen LogP contribution < -0.4 is 10.6 Å². The van der Waals surface area contributed by atoms with E-state index in [1.165, 1.54) is 17.1 Å². The predicted molar refractivity (Wildman–Crippen MR) is 74.2 cm³/mol. The number of aromatic nitrogens is 2. The molecule has 2 N–H and O–H groups in total. The van der Waals surface area contributed by atoms with Gasteiger partial charge in [-0.2, -0.15) is 4.37 Å². The van der Waals surface area contributed by atoms with Gasteiger partial charge in [0.15, 0.2) is 0 Å². The summed E-state index contributed by atoms with van der Waals surface area (Å²) in [5.41, 5.74) is 2.28. The van der Waals surface area contributed by atoms with Crippen LogP contribution in [0.2, 0.25) is 0 Å². The zero-order chi connectivity index (χ0) is 13.2. The number of hydrogen-bond acceptors (Lipinski definition) is 5. The molecule has 0 radical (unpaired) electrons. The number of amides is 1. The first kappa shape index (κ1) is 12.3. The Bertz CT molecular complexity index is 610. The fraction of sp³-hybridized carbons (Fsp3) is 0.308. The quantitative estimate of drug-likeness (QED) is 0.874. The number of aryl methyl sites for hydroxylation is 1. The van der Waals surface area contributed by atoms with Gasteiger partial charge in [0.05, 0.1) is 0 Å². The minimum absolute atomic E-state index is 0.0803. The second kappa shape index (κ2) is 5.07. The molecular formula is C13H14N4OS. The summed E-state index contributed by atoms with van der Waals surface area (Å²) in [7, 11) is 0. The molecule has 98 valence electrons. The molecule has 1 aliphatic rings. The van der Waals surface area contributed by atoms with Gasteiger partial charge in [-0.1, -0.05) is 24.3 Å². The summed E-state index contributed by atoms with van der Waals surface area (Å²) in [6, 6.07) is 7.73. The van der Waals surface area contributed by atoms with Crippen molar-refractivity contribution in [2.75, 3.05) is 11.9 Å². The summed E-state index contributed by atoms with van der Waals surface area (Å²) in [5.74, 6) is 0.598. The number of nitrogens with zero attached hydrogens (tertiary/aromatic N) is 2. The number of anilines is 1. The Labute approximate surface area is 115 Å². The highest BCUT2D eigenvalue weighted by Gasteiger charge is 2.26. The summed E-state index contributed by atoms with van der Waals surface area (Å²) in [5, 5.41) is 6.61. The zero-order valence-electron chi connectivity index (χ0n) is 10.5. The van der Waals surface area contributed by atoms with Gasteiger partial charge in [0, 0.05) is 18.1 Å². The lowest BCUT2D eigenvalue weighted by Gasteiger charge is -2.25. The topological polar surface area (TPSA) is 66.9 Å². The number of carbonyl (C=O) groups is 1. The van der Waals surface area contributed by atoms with Crippen LogP contribution in [0.15, 0.2) is 24.3 Å². The lowest BCUT2D eigenvalue weighted by atomic mass is 9.94. The molecule has 1 aliphatic heterocycles. The van der Waals surface area contributed by atoms with Crippen LogP contribution in [0.3, 0.4) is 0 Å². The van der Waals surface area contributed by atoms with E-state index in [0.717, 1.165) is 18.5 Å². The number of fused-ring (bicyclic) bond motifs is 1. The van der Waals surface area contributed by atoms with Gasteiger partial charge in [0.1, 0.15) is 11.9 Å². The first-order valence-electron chi connectivity index (χ1n) is 6.16. The SMILES string of the molecule is Cc1nsc(NC(=O)C2NCCc3ccccc32)n1. The lowest BCUT2D eigenvalue weighted by Crippen LogP contribution is -2.38. The van der Waals surface area contributed by atoms with Crippen molar-refractivity contribution >= 4 is 22.6 Å². The van der Waals surface area contributed by atoms with Gasteiger partial charge in [-0.25, -0.2) is 4.98 Å². The number of rotatable bonds is 2. The predicted octanol–water partition coefficient (Wildman–Crippen LogP) is 1.67. The Morgan fingerprint density at radius 3 is 3.11 bits per heavy atom. The third-order valence-electron chi connectivity index (χ3n) is 3.13. The highest BCUT2D eigenvalue weighted by atomic mass is 32.1. The molecule has 0 bridgehead atoms. The van der Waals surface area contributed by atoms with Gasteiger partial charge in [-0.3, -0.25) is 10.1 Å². The van der Waals surface area contributed by atoms with Crippen molar-refractivity contribution in [1.29, 1.82) is 0 Å². The van der Waals surface area contributed by atoms with Crippen molar-refractivity contribution in [2.45, 2.75) is 19.4 Å². The number of benzene rings is 1. The Hall–Kier alpha value is -1.79. The highest BCUT2D eigenvalue weighted by molar-refractivity contribution is 7.09. The molecule has 1 unspecified atom stereocenters. The van der Waals surface area contributed by atoms with Crippen LogP contribution in [0.5, 0.6) is 0 Å². The van der Waals surface area contributed by atoms with Crippen LogP contribution in [0.1, 0.15) is 23.0 Å². The monoisotopic (exact) mass is 274 g/mol. The maximum Gasteiger partial charge on any atom is 0.247 e. The van der Waals surface area contributed by atoms with E-state index < -0.39 is 0 Å². The van der Waals surface area contributed by atoms with Crippen LogP contribution in [0.25, 0.3) is 0 Å². The minimum Gasteiger partial charge on any atom is -0.302 e. The van der Waals surface area contributed by atoms with Crippen LogP contribution in [-0.2, 0) is 11.2 Å². The molecule has 5 nitrogen and oxygen atoms in total. The van der Waals surface area contributed by atoms with E-state index in [1.54, 1.807) is 6.92 Å². The van der Waals surface area contributed by atoms with Gasteiger partial charge in [-0.15, -0.1) is 0 Å². The third-order valence-corrected chi connectivity index (χ3v) is 3.85. The molecule has 2 aromatic rings. The van der Waals surface area contributed by atoms with E-state index in [1.807, 2.05) is 18.2 Å². The molecule has 0 saturated carbocycles. The van der Waals surface area contributed by atoms with Gasteiger partial charge in [-0.05, 0) is 24.5 Å². The summed E-state index contributed by atoms with van der Waals surface area (Å²) >= 11 is 1.20. The van der Waals surface area contributed by atoms with Crippen molar-refractivity contribution < 1.29 is 4.79 Å². The third kappa shape index (κ3) is 2.50. The van der Waals surface area contributed by atoms with E-state index in [0.29, 0.717) is 11.0 Å². The summed E-state index contributed by atoms with van der Waals surface area (Å²) in [6.07, 6.45) is 0.956. The number of nitrogens with one attached hydrogen (secondary N) is 2. The van der Waals surface area contributed by atoms with Crippen molar-refractivity contribution in [3.05, 3.63) is 41.2 Å². The molecule has 0 saturated heterocycles. The highest BCUT2D eigenvalue weighted by Crippen LogP contribution is 2.24. The standard InChI is InChI=1S/C13H14N4OS/c1-8-15-13(19-17-8)16-12(18)11-10-5-3-2-4-9(10)6-7-14-11/h2-5,11,14H,6-7H2,1H3,(H,15,16,17,18). The summed E-state index contributed by atoms with van der Waals surface area (Å²) in [4.78, 5) is 16.5. The van der Waals surface area contributed by atoms with Crippen molar-refractivity contribution in [3.8, 4) is 0 Å². The number of hydrogen-bond donors (Lipinski definition) is 2. The van der Waals surface area contributed by atoms with Gasteiger partial charge >= 0.3 is 0 Å². The van der Waals surface area contributed by atoms with Crippen LogP contribution in [0.4, 0.5) is 5.13 Å². The molecular weight excluding hydrogens is 260 g/mol. The van der Waals surface area contributed by atoms with Crippen molar-refractivity contribution in [3.63, 3.8) is 0 Å². The van der Waals surface area contributed by atoms with Gasteiger partial charge in [0.2, 0.25) is 11.0 Å². The fourth-order valence-corrected chi connectivity index (χ4v) is 2.84. The molecule has 0 aliphatic carbocycles. The molecule has 1 aromatic heterocycles. The van der Waals surface area contributed by atoms with Gasteiger partial charge < -0.3 is 5.32 Å². The Balaban J connectivity index is 1.81. The molecule has 19 heavy (non-hydrogen) atoms. The molecule has 1 amide bonds. The van der Waals surface area contributed by atoms with E-state index in [4.69, 9.17) is 0 Å². The molecule has 2 heterocycles. The van der Waals surface area contributed by atoms with E-state index in [-0.39, 0.29) is 11.9 Å². The Morgan fingerprint density at radius 1 is 1.47 bits per heavy atom. The van der Waals surface area contributed by atoms with Crippen LogP contribution in [0, 0.1) is 6.92 Å².